The Morgan fingerprint density at radius 1 is 1.00 bits per heavy atom. The monoisotopic (exact) mass is 226 g/mol. The fourth-order valence-corrected chi connectivity index (χ4v) is 9.26. The molecule has 0 saturated heterocycles. The lowest BCUT2D eigenvalue weighted by atomic mass is 11.0. The smallest absolute Gasteiger partial charge is 0.301 e. The Morgan fingerprint density at radius 3 is 1.55 bits per heavy atom. The summed E-state index contributed by atoms with van der Waals surface area (Å²) in [5, 5.41) is 0. The van der Waals surface area contributed by atoms with Gasteiger partial charge in [-0.05, 0) is 12.1 Å². The van der Waals surface area contributed by atoms with Crippen molar-refractivity contribution in [2.45, 2.75) is 25.9 Å². The molecular weight excluding hydrogens is 208 g/mol. The minimum atomic E-state index is -1.26. The van der Waals surface area contributed by atoms with E-state index >= 15 is 0 Å². The lowest BCUT2D eigenvalue weighted by Gasteiger charge is -2.18. The second-order valence-corrected chi connectivity index (χ2v) is 10.5. The highest BCUT2D eigenvalue weighted by molar-refractivity contribution is 6.62. The van der Waals surface area contributed by atoms with Gasteiger partial charge in [0.05, 0.1) is 0 Å². The summed E-state index contributed by atoms with van der Waals surface area (Å²) in [5.41, 5.74) is 0. The van der Waals surface area contributed by atoms with Crippen LogP contribution in [-0.2, 0) is 12.3 Å². The van der Waals surface area contributed by atoms with E-state index in [-0.39, 0.29) is 0 Å². The van der Waals surface area contributed by atoms with E-state index in [0.29, 0.717) is 0 Å². The van der Waals surface area contributed by atoms with Crippen molar-refractivity contribution in [2.75, 3.05) is 0 Å². The molecule has 68 valence electrons. The van der Waals surface area contributed by atoms with Crippen molar-refractivity contribution < 1.29 is 12.3 Å². The van der Waals surface area contributed by atoms with Crippen LogP contribution in [0.25, 0.3) is 0 Å². The van der Waals surface area contributed by atoms with Gasteiger partial charge in [-0.25, -0.2) is 0 Å². The molecule has 3 nitrogen and oxygen atoms in total. The van der Waals surface area contributed by atoms with Crippen molar-refractivity contribution in [1.82, 2.24) is 0 Å². The quantitative estimate of drug-likeness (QED) is 0.494. The van der Waals surface area contributed by atoms with Gasteiger partial charge in [0.1, 0.15) is 21.0 Å². The molecule has 0 aliphatic carbocycles. The van der Waals surface area contributed by atoms with Crippen molar-refractivity contribution in [3.05, 3.63) is 0 Å². The predicted molar refractivity (Wildman–Crippen MR) is 58.4 cm³/mol. The van der Waals surface area contributed by atoms with Crippen LogP contribution in [0.15, 0.2) is 0 Å². The van der Waals surface area contributed by atoms with Crippen molar-refractivity contribution in [1.29, 1.82) is 0 Å². The van der Waals surface area contributed by atoms with E-state index < -0.39 is 18.6 Å². The molecule has 0 aromatic rings. The molecule has 0 spiro atoms. The molecule has 0 aromatic heterocycles. The Bertz CT molecular complexity index is 75.4. The van der Waals surface area contributed by atoms with Crippen LogP contribution in [0.4, 0.5) is 0 Å². The predicted octanol–water partition coefficient (Wildman–Crippen LogP) is -1.92. The highest BCUT2D eigenvalue weighted by Gasteiger charge is 2.15. The summed E-state index contributed by atoms with van der Waals surface area (Å²) in [6.07, 6.45) is 0. The van der Waals surface area contributed by atoms with Gasteiger partial charge in [0.25, 0.3) is 0 Å². The molecule has 0 aromatic carbocycles. The van der Waals surface area contributed by atoms with E-state index in [2.05, 4.69) is 13.8 Å². The van der Waals surface area contributed by atoms with E-state index in [0.717, 1.165) is 33.1 Å². The molecule has 0 radical (unpaired) electrons. The highest BCUT2D eigenvalue weighted by atomic mass is 28.4. The fourth-order valence-electron chi connectivity index (χ4n) is 0.806. The average Bonchev–Trinajstić information content (AvgIpc) is 2.07. The molecule has 0 fully saturated rings. The van der Waals surface area contributed by atoms with Gasteiger partial charge >= 0.3 is 18.6 Å². The van der Waals surface area contributed by atoms with Gasteiger partial charge in [-0.15, -0.1) is 0 Å². The van der Waals surface area contributed by atoms with Gasteiger partial charge in [-0.2, -0.15) is 0 Å². The Morgan fingerprint density at radius 2 is 1.36 bits per heavy atom. The summed E-state index contributed by atoms with van der Waals surface area (Å²) >= 11 is 0. The number of hydrogen-bond donors (Lipinski definition) is 0. The first-order valence-corrected chi connectivity index (χ1v) is 9.14. The van der Waals surface area contributed by atoms with E-state index in [9.17, 15) is 0 Å². The normalized spacial score (nSPS) is 16.9. The molecule has 0 saturated carbocycles. The van der Waals surface area contributed by atoms with Crippen molar-refractivity contribution in [3.8, 4) is 0 Å². The summed E-state index contributed by atoms with van der Waals surface area (Å²) in [4.78, 5) is 0. The number of hydrogen-bond acceptors (Lipinski definition) is 3. The van der Waals surface area contributed by atoms with Crippen LogP contribution < -0.4 is 0 Å². The van der Waals surface area contributed by atoms with Gasteiger partial charge in [-0.1, -0.05) is 13.8 Å². The van der Waals surface area contributed by atoms with Crippen molar-refractivity contribution in [2.24, 2.45) is 0 Å². The van der Waals surface area contributed by atoms with Crippen LogP contribution in [0.3, 0.4) is 0 Å². The lowest BCUT2D eigenvalue weighted by molar-refractivity contribution is 0.389. The zero-order valence-corrected chi connectivity index (χ0v) is 14.1. The Balaban J connectivity index is 3.58. The molecule has 0 aliphatic rings. The van der Waals surface area contributed by atoms with Crippen LogP contribution in [0.2, 0.25) is 12.1 Å². The third kappa shape index (κ3) is 5.06. The Hall–Kier alpha value is 0.748. The third-order valence-corrected chi connectivity index (χ3v) is 9.46. The second-order valence-electron chi connectivity index (χ2n) is 2.28. The molecule has 0 amide bonds. The fraction of sp³-hybridized carbons (Fsp3) is 1.00. The van der Waals surface area contributed by atoms with Gasteiger partial charge in [0.2, 0.25) is 0 Å². The minimum absolute atomic E-state index is 0.807. The first kappa shape index (κ1) is 11.7. The van der Waals surface area contributed by atoms with E-state index in [1.165, 1.54) is 0 Å². The molecule has 11 heavy (non-hydrogen) atoms. The molecule has 0 rings (SSSR count). The molecule has 0 N–H and O–H groups in total. The molecule has 0 aliphatic heterocycles. The summed E-state index contributed by atoms with van der Waals surface area (Å²) in [7, 11) is -0.915. The molecule has 2 atom stereocenters. The molecule has 0 bridgehead atoms. The first-order valence-electron chi connectivity index (χ1n) is 3.99. The average molecular weight is 227 g/mol. The van der Waals surface area contributed by atoms with Crippen LogP contribution in [0.1, 0.15) is 13.8 Å². The van der Waals surface area contributed by atoms with Crippen LogP contribution in [0, 0.1) is 0 Å². The molecular formula is C4H18O3Si4. The van der Waals surface area contributed by atoms with Gasteiger partial charge in [0.15, 0.2) is 0 Å². The minimum Gasteiger partial charge on any atom is -0.447 e. The SMILES string of the molecule is CC[SiH](O[SiH3])O[SiH](CC)O[SiH3]. The maximum Gasteiger partial charge on any atom is 0.301 e. The third-order valence-electron chi connectivity index (χ3n) is 1.50. The molecule has 7 heteroatoms. The molecule has 2 unspecified atom stereocenters. The zero-order valence-electron chi connectivity index (χ0n) is 7.79. The van der Waals surface area contributed by atoms with E-state index in [1.807, 2.05) is 0 Å². The van der Waals surface area contributed by atoms with Crippen LogP contribution in [-0.4, -0.2) is 39.5 Å². The summed E-state index contributed by atoms with van der Waals surface area (Å²) in [6.45, 7) is 4.26. The summed E-state index contributed by atoms with van der Waals surface area (Å²) < 4.78 is 16.5. The van der Waals surface area contributed by atoms with Gasteiger partial charge in [-0.3, -0.25) is 0 Å². The first-order chi connectivity index (χ1) is 5.28. The van der Waals surface area contributed by atoms with Crippen LogP contribution >= 0.6 is 0 Å². The zero-order chi connectivity index (χ0) is 8.69. The van der Waals surface area contributed by atoms with Crippen LogP contribution in [0.5, 0.6) is 0 Å². The maximum atomic E-state index is 5.75. The van der Waals surface area contributed by atoms with E-state index in [1.54, 1.807) is 0 Å². The largest absolute Gasteiger partial charge is 0.447 e. The lowest BCUT2D eigenvalue weighted by Crippen LogP contribution is -2.32. The number of rotatable bonds is 6. The Kier molecular flexibility index (Phi) is 7.90. The highest BCUT2D eigenvalue weighted by Crippen LogP contribution is 2.00. The summed E-state index contributed by atoms with van der Waals surface area (Å²) in [5.74, 6) is 0. The van der Waals surface area contributed by atoms with Crippen molar-refractivity contribution >= 4 is 39.5 Å². The van der Waals surface area contributed by atoms with E-state index in [4.69, 9.17) is 12.3 Å². The molecule has 0 heterocycles. The Labute approximate surface area is 78.2 Å². The summed E-state index contributed by atoms with van der Waals surface area (Å²) in [6, 6.07) is 2.13. The topological polar surface area (TPSA) is 27.7 Å². The van der Waals surface area contributed by atoms with Crippen molar-refractivity contribution in [3.63, 3.8) is 0 Å². The second kappa shape index (κ2) is 7.40. The van der Waals surface area contributed by atoms with Gasteiger partial charge in [0, 0.05) is 0 Å². The maximum absolute atomic E-state index is 5.75. The standard InChI is InChI=1S/C4H18O3Si4/c1-3-10(5-8)7-11(4-2)6-9/h10-11H,3-4H2,1-2,8-9H3. The van der Waals surface area contributed by atoms with Gasteiger partial charge < -0.3 is 12.3 Å².